The second-order valence-electron chi connectivity index (χ2n) is 5.87. The maximum absolute atomic E-state index is 6.23. The summed E-state index contributed by atoms with van der Waals surface area (Å²) < 4.78 is 0. The van der Waals surface area contributed by atoms with E-state index >= 15 is 0 Å². The summed E-state index contributed by atoms with van der Waals surface area (Å²) in [6, 6.07) is 7.27. The minimum absolute atomic E-state index is 0.270. The molecule has 1 saturated carbocycles. The van der Waals surface area contributed by atoms with E-state index in [-0.39, 0.29) is 11.5 Å². The Labute approximate surface area is 105 Å². The molecule has 0 amide bonds. The average Bonchev–Trinajstić information content (AvgIpc) is 3.09. The Morgan fingerprint density at radius 3 is 2.29 bits per heavy atom. The van der Waals surface area contributed by atoms with Crippen LogP contribution in [-0.4, -0.2) is 6.04 Å². The highest BCUT2D eigenvalue weighted by Gasteiger charge is 2.48. The quantitative estimate of drug-likeness (QED) is 0.839. The Bertz CT molecular complexity index is 400. The van der Waals surface area contributed by atoms with Crippen molar-refractivity contribution in [3.05, 3.63) is 34.9 Å². The molecule has 0 radical (unpaired) electrons. The third-order valence-electron chi connectivity index (χ3n) is 4.34. The van der Waals surface area contributed by atoms with Crippen LogP contribution in [0.2, 0.25) is 0 Å². The molecule has 1 aromatic carbocycles. The highest BCUT2D eigenvalue weighted by atomic mass is 14.7. The summed E-state index contributed by atoms with van der Waals surface area (Å²) in [4.78, 5) is 0. The highest BCUT2D eigenvalue weighted by molar-refractivity contribution is 5.44. The molecule has 1 aliphatic carbocycles. The minimum Gasteiger partial charge on any atom is -0.327 e. The first-order chi connectivity index (χ1) is 8.01. The molecule has 1 fully saturated rings. The predicted molar refractivity (Wildman–Crippen MR) is 74.5 cm³/mol. The molecule has 0 bridgehead atoms. The number of rotatable bonds is 4. The second-order valence-corrected chi connectivity index (χ2v) is 5.87. The average molecular weight is 231 g/mol. The van der Waals surface area contributed by atoms with Crippen LogP contribution in [0, 0.1) is 0 Å². The predicted octanol–water partition coefficient (Wildman–Crippen LogP) is 3.75. The molecule has 0 saturated heterocycles. The van der Waals surface area contributed by atoms with E-state index in [9.17, 15) is 0 Å². The van der Waals surface area contributed by atoms with Gasteiger partial charge in [-0.2, -0.15) is 0 Å². The van der Waals surface area contributed by atoms with Crippen molar-refractivity contribution in [2.45, 2.75) is 64.3 Å². The van der Waals surface area contributed by atoms with Crippen LogP contribution >= 0.6 is 0 Å². The van der Waals surface area contributed by atoms with Crippen molar-refractivity contribution < 1.29 is 0 Å². The summed E-state index contributed by atoms with van der Waals surface area (Å²) in [5.74, 6) is 0.590. The lowest BCUT2D eigenvalue weighted by atomic mass is 9.81. The van der Waals surface area contributed by atoms with Crippen molar-refractivity contribution in [3.63, 3.8) is 0 Å². The summed E-state index contributed by atoms with van der Waals surface area (Å²) in [5.41, 5.74) is 11.0. The smallest absolute Gasteiger partial charge is 0.0108 e. The Balaban J connectivity index is 2.50. The van der Waals surface area contributed by atoms with Gasteiger partial charge in [-0.1, -0.05) is 39.0 Å². The van der Waals surface area contributed by atoms with Crippen LogP contribution in [0.1, 0.15) is 63.1 Å². The molecule has 94 valence electrons. The summed E-state index contributed by atoms with van der Waals surface area (Å²) in [5, 5.41) is 0. The fourth-order valence-corrected chi connectivity index (χ4v) is 2.86. The molecule has 2 N–H and O–H groups in total. The van der Waals surface area contributed by atoms with Crippen molar-refractivity contribution in [2.24, 2.45) is 5.73 Å². The van der Waals surface area contributed by atoms with Crippen LogP contribution in [0.15, 0.2) is 18.2 Å². The van der Waals surface area contributed by atoms with E-state index in [2.05, 4.69) is 45.9 Å². The molecule has 1 nitrogen and oxygen atoms in total. The van der Waals surface area contributed by atoms with Crippen molar-refractivity contribution in [2.75, 3.05) is 0 Å². The maximum Gasteiger partial charge on any atom is 0.0108 e. The van der Waals surface area contributed by atoms with E-state index in [1.165, 1.54) is 29.5 Å². The molecule has 0 heterocycles. The lowest BCUT2D eigenvalue weighted by Gasteiger charge is -2.25. The van der Waals surface area contributed by atoms with Crippen molar-refractivity contribution >= 4 is 0 Å². The second kappa shape index (κ2) is 4.45. The Kier molecular flexibility index (Phi) is 3.31. The number of benzene rings is 1. The molecule has 0 aromatic heterocycles. The molecule has 0 spiro atoms. The largest absolute Gasteiger partial charge is 0.327 e. The molecule has 1 unspecified atom stereocenters. The summed E-state index contributed by atoms with van der Waals surface area (Å²) in [7, 11) is 0. The Hall–Kier alpha value is -0.820. The lowest BCUT2D eigenvalue weighted by Crippen LogP contribution is -2.32. The molecule has 0 aliphatic heterocycles. The molecule has 1 atom stereocenters. The van der Waals surface area contributed by atoms with Crippen molar-refractivity contribution in [3.8, 4) is 0 Å². The molecule has 2 rings (SSSR count). The third-order valence-corrected chi connectivity index (χ3v) is 4.34. The topological polar surface area (TPSA) is 26.0 Å². The summed E-state index contributed by atoms with van der Waals surface area (Å²) in [6.45, 7) is 8.94. The third kappa shape index (κ3) is 2.13. The van der Waals surface area contributed by atoms with Gasteiger partial charge >= 0.3 is 0 Å². The van der Waals surface area contributed by atoms with E-state index in [4.69, 9.17) is 5.73 Å². The highest BCUT2D eigenvalue weighted by Crippen LogP contribution is 2.52. The first-order valence-electron chi connectivity index (χ1n) is 6.90. The van der Waals surface area contributed by atoms with Crippen LogP contribution in [0.25, 0.3) is 0 Å². The van der Waals surface area contributed by atoms with Gasteiger partial charge in [-0.3, -0.25) is 0 Å². The summed E-state index contributed by atoms with van der Waals surface area (Å²) >= 11 is 0. The SMILES string of the molecule is CCc1ccc(C(C)C)c(C2(C(C)N)CC2)c1. The fraction of sp³-hybridized carbons (Fsp3) is 0.625. The van der Waals surface area contributed by atoms with E-state index < -0.39 is 0 Å². The van der Waals surface area contributed by atoms with Crippen LogP contribution in [-0.2, 0) is 11.8 Å². The minimum atomic E-state index is 0.270. The standard InChI is InChI=1S/C16H25N/c1-5-13-6-7-14(11(2)3)15(10-13)16(8-9-16)12(4)17/h6-7,10-12H,5,8-9,17H2,1-4H3. The van der Waals surface area contributed by atoms with Gasteiger partial charge in [0.25, 0.3) is 0 Å². The molecular weight excluding hydrogens is 206 g/mol. The van der Waals surface area contributed by atoms with E-state index in [0.717, 1.165) is 6.42 Å². The van der Waals surface area contributed by atoms with Gasteiger partial charge in [-0.15, -0.1) is 0 Å². The van der Waals surface area contributed by atoms with Gasteiger partial charge in [0.1, 0.15) is 0 Å². The van der Waals surface area contributed by atoms with Crippen molar-refractivity contribution in [1.82, 2.24) is 0 Å². The Morgan fingerprint density at radius 1 is 1.24 bits per heavy atom. The van der Waals surface area contributed by atoms with Gasteiger partial charge in [-0.25, -0.2) is 0 Å². The van der Waals surface area contributed by atoms with Crippen LogP contribution < -0.4 is 5.73 Å². The molecule has 1 aliphatic rings. The van der Waals surface area contributed by atoms with Gasteiger partial charge in [0.15, 0.2) is 0 Å². The van der Waals surface area contributed by atoms with E-state index in [1.54, 1.807) is 0 Å². The normalized spacial score (nSPS) is 19.4. The van der Waals surface area contributed by atoms with Gasteiger partial charge in [0, 0.05) is 11.5 Å². The number of nitrogens with two attached hydrogens (primary N) is 1. The molecule has 1 aromatic rings. The van der Waals surface area contributed by atoms with Crippen LogP contribution in [0.4, 0.5) is 0 Å². The zero-order valence-corrected chi connectivity index (χ0v) is 11.6. The molecule has 1 heteroatoms. The van der Waals surface area contributed by atoms with Crippen LogP contribution in [0.5, 0.6) is 0 Å². The maximum atomic E-state index is 6.23. The monoisotopic (exact) mass is 231 g/mol. The fourth-order valence-electron chi connectivity index (χ4n) is 2.86. The van der Waals surface area contributed by atoms with Gasteiger partial charge in [-0.05, 0) is 48.8 Å². The molecule has 17 heavy (non-hydrogen) atoms. The zero-order valence-electron chi connectivity index (χ0n) is 11.6. The molecular formula is C16H25N. The number of hydrogen-bond donors (Lipinski definition) is 1. The van der Waals surface area contributed by atoms with E-state index in [0.29, 0.717) is 5.92 Å². The summed E-state index contributed by atoms with van der Waals surface area (Å²) in [6.07, 6.45) is 3.63. The Morgan fingerprint density at radius 2 is 1.88 bits per heavy atom. The lowest BCUT2D eigenvalue weighted by molar-refractivity contribution is 0.548. The van der Waals surface area contributed by atoms with Crippen LogP contribution in [0.3, 0.4) is 0 Å². The first-order valence-corrected chi connectivity index (χ1v) is 6.90. The van der Waals surface area contributed by atoms with Gasteiger partial charge in [0.05, 0.1) is 0 Å². The first kappa shape index (κ1) is 12.6. The van der Waals surface area contributed by atoms with Crippen molar-refractivity contribution in [1.29, 1.82) is 0 Å². The van der Waals surface area contributed by atoms with Gasteiger partial charge < -0.3 is 5.73 Å². The number of aryl methyl sites for hydroxylation is 1. The zero-order chi connectivity index (χ0) is 12.6. The number of hydrogen-bond acceptors (Lipinski definition) is 1. The van der Waals surface area contributed by atoms with Gasteiger partial charge in [0.2, 0.25) is 0 Å². The van der Waals surface area contributed by atoms with E-state index in [1.807, 2.05) is 0 Å².